The zero-order chi connectivity index (χ0) is 12.0. The highest BCUT2D eigenvalue weighted by Gasteiger charge is 2.14. The van der Waals surface area contributed by atoms with Gasteiger partial charge < -0.3 is 5.73 Å². The van der Waals surface area contributed by atoms with Gasteiger partial charge in [-0.2, -0.15) is 0 Å². The summed E-state index contributed by atoms with van der Waals surface area (Å²) >= 11 is 0. The van der Waals surface area contributed by atoms with Crippen LogP contribution < -0.4 is 10.5 Å². The largest absolute Gasteiger partial charge is 0.326 e. The molecule has 5 nitrogen and oxygen atoms in total. The zero-order valence-electron chi connectivity index (χ0n) is 9.31. The van der Waals surface area contributed by atoms with Gasteiger partial charge in [-0.1, -0.05) is 19.4 Å². The average molecular weight is 243 g/mol. The van der Waals surface area contributed by atoms with E-state index in [0.29, 0.717) is 13.1 Å². The molecule has 6 heteroatoms. The fourth-order valence-corrected chi connectivity index (χ4v) is 2.15. The third-order valence-electron chi connectivity index (χ3n) is 2.13. The van der Waals surface area contributed by atoms with Crippen molar-refractivity contribution in [2.45, 2.75) is 31.3 Å². The van der Waals surface area contributed by atoms with Crippen molar-refractivity contribution >= 4 is 10.0 Å². The zero-order valence-corrected chi connectivity index (χ0v) is 10.1. The van der Waals surface area contributed by atoms with Crippen LogP contribution in [0.2, 0.25) is 0 Å². The van der Waals surface area contributed by atoms with Crippen molar-refractivity contribution in [1.82, 2.24) is 9.71 Å². The topological polar surface area (TPSA) is 85.1 Å². The number of hydrogen-bond donors (Lipinski definition) is 2. The van der Waals surface area contributed by atoms with Crippen molar-refractivity contribution in [3.8, 4) is 0 Å². The standard InChI is InChI=1S/C10H17N3O2S/c1-2-3-6-13-16(14,15)10-5-4-9(7-11)8-12-10/h4-5,8,13H,2-3,6-7,11H2,1H3. The van der Waals surface area contributed by atoms with Gasteiger partial charge in [-0.15, -0.1) is 0 Å². The first-order valence-electron chi connectivity index (χ1n) is 5.25. The molecule has 0 atom stereocenters. The Labute approximate surface area is 96.1 Å². The highest BCUT2D eigenvalue weighted by molar-refractivity contribution is 7.89. The molecule has 1 rings (SSSR count). The summed E-state index contributed by atoms with van der Waals surface area (Å²) in [6, 6.07) is 3.14. The third kappa shape index (κ3) is 3.55. The average Bonchev–Trinajstić information content (AvgIpc) is 2.29. The number of aromatic nitrogens is 1. The van der Waals surface area contributed by atoms with E-state index >= 15 is 0 Å². The lowest BCUT2D eigenvalue weighted by molar-refractivity contribution is 0.574. The molecule has 90 valence electrons. The molecular formula is C10H17N3O2S. The molecule has 0 saturated carbocycles. The molecule has 16 heavy (non-hydrogen) atoms. The Morgan fingerprint density at radius 1 is 1.44 bits per heavy atom. The molecule has 0 spiro atoms. The van der Waals surface area contributed by atoms with Gasteiger partial charge >= 0.3 is 0 Å². The Balaban J connectivity index is 2.74. The number of nitrogens with two attached hydrogens (primary N) is 1. The van der Waals surface area contributed by atoms with Gasteiger partial charge in [-0.25, -0.2) is 18.1 Å². The van der Waals surface area contributed by atoms with Crippen molar-refractivity contribution in [2.24, 2.45) is 5.73 Å². The summed E-state index contributed by atoms with van der Waals surface area (Å²) in [5.74, 6) is 0. The van der Waals surface area contributed by atoms with Gasteiger partial charge in [0.15, 0.2) is 5.03 Å². The summed E-state index contributed by atoms with van der Waals surface area (Å²) < 4.78 is 25.9. The van der Waals surface area contributed by atoms with E-state index in [2.05, 4.69) is 9.71 Å². The van der Waals surface area contributed by atoms with E-state index in [1.807, 2.05) is 6.92 Å². The Morgan fingerprint density at radius 2 is 2.19 bits per heavy atom. The van der Waals surface area contributed by atoms with E-state index in [9.17, 15) is 8.42 Å². The summed E-state index contributed by atoms with van der Waals surface area (Å²) in [7, 11) is -3.46. The van der Waals surface area contributed by atoms with Crippen LogP contribution in [0.3, 0.4) is 0 Å². The molecular weight excluding hydrogens is 226 g/mol. The Morgan fingerprint density at radius 3 is 2.69 bits per heavy atom. The molecule has 0 aliphatic carbocycles. The fraction of sp³-hybridized carbons (Fsp3) is 0.500. The van der Waals surface area contributed by atoms with Gasteiger partial charge in [0.2, 0.25) is 0 Å². The molecule has 0 radical (unpaired) electrons. The van der Waals surface area contributed by atoms with Crippen molar-refractivity contribution < 1.29 is 8.42 Å². The van der Waals surface area contributed by atoms with Crippen LogP contribution in [0.4, 0.5) is 0 Å². The van der Waals surface area contributed by atoms with E-state index in [0.717, 1.165) is 18.4 Å². The maximum atomic E-state index is 11.7. The molecule has 0 fully saturated rings. The highest BCUT2D eigenvalue weighted by Crippen LogP contribution is 2.06. The lowest BCUT2D eigenvalue weighted by Gasteiger charge is -2.05. The maximum Gasteiger partial charge on any atom is 0.258 e. The molecule has 0 aromatic carbocycles. The number of hydrogen-bond acceptors (Lipinski definition) is 4. The van der Waals surface area contributed by atoms with Gasteiger partial charge in [0, 0.05) is 19.3 Å². The molecule has 0 unspecified atom stereocenters. The van der Waals surface area contributed by atoms with E-state index < -0.39 is 10.0 Å². The molecule has 0 aliphatic heterocycles. The van der Waals surface area contributed by atoms with E-state index in [4.69, 9.17) is 5.73 Å². The first-order valence-corrected chi connectivity index (χ1v) is 6.73. The summed E-state index contributed by atoms with van der Waals surface area (Å²) in [4.78, 5) is 3.87. The Hall–Kier alpha value is -0.980. The van der Waals surface area contributed by atoms with Crippen molar-refractivity contribution in [3.63, 3.8) is 0 Å². The molecule has 1 aromatic rings. The maximum absolute atomic E-state index is 11.7. The minimum absolute atomic E-state index is 0.0424. The molecule has 1 aromatic heterocycles. The SMILES string of the molecule is CCCCNS(=O)(=O)c1ccc(CN)cn1. The monoisotopic (exact) mass is 243 g/mol. The molecule has 0 aliphatic rings. The van der Waals surface area contributed by atoms with E-state index in [-0.39, 0.29) is 5.03 Å². The molecule has 0 bridgehead atoms. The molecule has 0 amide bonds. The third-order valence-corrected chi connectivity index (χ3v) is 3.51. The number of rotatable bonds is 6. The number of pyridine rings is 1. The van der Waals surface area contributed by atoms with Crippen LogP contribution in [0.5, 0.6) is 0 Å². The molecule has 3 N–H and O–H groups in total. The second-order valence-electron chi connectivity index (χ2n) is 3.46. The van der Waals surface area contributed by atoms with Crippen LogP contribution in [0.1, 0.15) is 25.3 Å². The number of unbranched alkanes of at least 4 members (excludes halogenated alkanes) is 1. The minimum atomic E-state index is -3.46. The van der Waals surface area contributed by atoms with Crippen molar-refractivity contribution in [2.75, 3.05) is 6.54 Å². The smallest absolute Gasteiger partial charge is 0.258 e. The number of nitrogens with zero attached hydrogens (tertiary/aromatic N) is 1. The fourth-order valence-electron chi connectivity index (χ4n) is 1.15. The molecule has 0 saturated heterocycles. The van der Waals surface area contributed by atoms with Crippen LogP contribution in [0.15, 0.2) is 23.4 Å². The minimum Gasteiger partial charge on any atom is -0.326 e. The van der Waals surface area contributed by atoms with Gasteiger partial charge in [0.1, 0.15) is 0 Å². The van der Waals surface area contributed by atoms with Crippen LogP contribution in [0, 0.1) is 0 Å². The van der Waals surface area contributed by atoms with Crippen LogP contribution in [-0.2, 0) is 16.6 Å². The summed E-state index contributed by atoms with van der Waals surface area (Å²) in [6.45, 7) is 2.80. The quantitative estimate of drug-likeness (QED) is 0.717. The predicted octanol–water partition coefficient (Wildman–Crippen LogP) is 0.619. The van der Waals surface area contributed by atoms with Gasteiger partial charge in [-0.3, -0.25) is 0 Å². The summed E-state index contributed by atoms with van der Waals surface area (Å²) in [5.41, 5.74) is 6.21. The van der Waals surface area contributed by atoms with Gasteiger partial charge in [-0.05, 0) is 18.1 Å². The highest BCUT2D eigenvalue weighted by atomic mass is 32.2. The second-order valence-corrected chi connectivity index (χ2v) is 5.17. The Kier molecular flexibility index (Phi) is 4.85. The van der Waals surface area contributed by atoms with Crippen LogP contribution in [-0.4, -0.2) is 19.9 Å². The van der Waals surface area contributed by atoms with Crippen molar-refractivity contribution in [1.29, 1.82) is 0 Å². The first-order chi connectivity index (χ1) is 7.60. The summed E-state index contributed by atoms with van der Waals surface area (Å²) in [6.07, 6.45) is 3.25. The molecule has 1 heterocycles. The van der Waals surface area contributed by atoms with E-state index in [1.54, 1.807) is 6.07 Å². The number of sulfonamides is 1. The van der Waals surface area contributed by atoms with Crippen LogP contribution >= 0.6 is 0 Å². The van der Waals surface area contributed by atoms with Crippen molar-refractivity contribution in [3.05, 3.63) is 23.9 Å². The normalized spacial score (nSPS) is 11.6. The first kappa shape index (κ1) is 13.1. The van der Waals surface area contributed by atoms with Crippen LogP contribution in [0.25, 0.3) is 0 Å². The van der Waals surface area contributed by atoms with E-state index in [1.165, 1.54) is 12.3 Å². The second kappa shape index (κ2) is 5.93. The predicted molar refractivity (Wildman–Crippen MR) is 62.2 cm³/mol. The Bertz CT molecular complexity index is 414. The summed E-state index contributed by atoms with van der Waals surface area (Å²) in [5, 5.41) is 0.0424. The number of nitrogens with one attached hydrogen (secondary N) is 1. The lowest BCUT2D eigenvalue weighted by Crippen LogP contribution is -2.25. The van der Waals surface area contributed by atoms with Gasteiger partial charge in [0.05, 0.1) is 0 Å². The van der Waals surface area contributed by atoms with Gasteiger partial charge in [0.25, 0.3) is 10.0 Å². The lowest BCUT2D eigenvalue weighted by atomic mass is 10.3.